The van der Waals surface area contributed by atoms with E-state index in [0.717, 1.165) is 22.5 Å². The zero-order valence-corrected chi connectivity index (χ0v) is 15.0. The Labute approximate surface area is 151 Å². The van der Waals surface area contributed by atoms with E-state index in [2.05, 4.69) is 25.6 Å². The van der Waals surface area contributed by atoms with E-state index < -0.39 is 12.2 Å². The van der Waals surface area contributed by atoms with Crippen molar-refractivity contribution < 1.29 is 10.2 Å². The van der Waals surface area contributed by atoms with Gasteiger partial charge in [0.1, 0.15) is 5.69 Å². The summed E-state index contributed by atoms with van der Waals surface area (Å²) in [5, 5.41) is 32.2. The van der Waals surface area contributed by atoms with Crippen LogP contribution in [0.3, 0.4) is 0 Å². The summed E-state index contributed by atoms with van der Waals surface area (Å²) in [6.07, 6.45) is 3.42. The van der Waals surface area contributed by atoms with E-state index in [0.29, 0.717) is 11.6 Å². The molecule has 0 amide bonds. The fourth-order valence-electron chi connectivity index (χ4n) is 2.54. The number of aromatic nitrogens is 5. The lowest BCUT2D eigenvalue weighted by Gasteiger charge is -2.25. The van der Waals surface area contributed by atoms with Crippen molar-refractivity contribution in [1.29, 1.82) is 0 Å². The topological polar surface area (TPSA) is 112 Å². The maximum Gasteiger partial charge on any atom is 0.227 e. The van der Waals surface area contributed by atoms with E-state index in [1.807, 2.05) is 38.1 Å². The summed E-state index contributed by atoms with van der Waals surface area (Å²) in [4.78, 5) is 8.55. The zero-order chi connectivity index (χ0) is 18.7. The fraction of sp³-hybridized carbons (Fsp3) is 0.333. The second kappa shape index (κ2) is 7.19. The monoisotopic (exact) mass is 353 g/mol. The predicted octanol–water partition coefficient (Wildman–Crippen LogP) is 1.21. The predicted molar refractivity (Wildman–Crippen MR) is 95.7 cm³/mol. The van der Waals surface area contributed by atoms with Gasteiger partial charge in [-0.2, -0.15) is 0 Å². The quantitative estimate of drug-likeness (QED) is 0.685. The molecule has 0 aliphatic rings. The molecule has 8 heteroatoms. The molecular weight excluding hydrogens is 332 g/mol. The number of nitrogens with zero attached hydrogens (tertiary/aromatic N) is 5. The van der Waals surface area contributed by atoms with Crippen molar-refractivity contribution in [2.75, 3.05) is 11.9 Å². The van der Waals surface area contributed by atoms with Crippen LogP contribution in [0.25, 0.3) is 11.3 Å². The number of hydrogen-bond acceptors (Lipinski definition) is 7. The molecule has 1 aromatic carbocycles. The number of benzene rings is 1. The lowest BCUT2D eigenvalue weighted by atomic mass is 10.1. The number of aliphatic hydroxyl groups is 1. The van der Waals surface area contributed by atoms with Crippen LogP contribution in [0.1, 0.15) is 18.2 Å². The molecule has 0 saturated carbocycles. The Hall–Kier alpha value is -2.84. The van der Waals surface area contributed by atoms with E-state index in [9.17, 15) is 10.2 Å². The van der Waals surface area contributed by atoms with Gasteiger partial charge in [0.05, 0.1) is 18.3 Å². The Bertz CT molecular complexity index is 906. The minimum Gasteiger partial charge on any atom is -0.852 e. The van der Waals surface area contributed by atoms with E-state index in [-0.39, 0.29) is 6.54 Å². The first-order chi connectivity index (χ1) is 12.3. The van der Waals surface area contributed by atoms with E-state index in [4.69, 9.17) is 0 Å². The fourth-order valence-corrected chi connectivity index (χ4v) is 2.54. The molecular formula is C18H21N6O2-. The molecule has 136 valence electrons. The molecule has 0 bridgehead atoms. The molecule has 0 fully saturated rings. The normalized spacial score (nSPS) is 13.4. The van der Waals surface area contributed by atoms with Crippen LogP contribution in [0.2, 0.25) is 0 Å². The standard InChI is InChI=1S/C18H21N6O2/c1-12-6-14(16-9-24(23-22-16)10-18(3,26)11-25)8-15(7-12)21-17-19-5-4-13(2)20-17/h4-9,26H,10-11H2,1-3H3,(H,19,20,21)/q-1/t18-/m0/s1. The Morgan fingerprint density at radius 3 is 2.81 bits per heavy atom. The van der Waals surface area contributed by atoms with E-state index >= 15 is 0 Å². The molecule has 2 heterocycles. The van der Waals surface area contributed by atoms with Crippen LogP contribution >= 0.6 is 0 Å². The smallest absolute Gasteiger partial charge is 0.227 e. The van der Waals surface area contributed by atoms with Gasteiger partial charge in [0.2, 0.25) is 5.95 Å². The first-order valence-electron chi connectivity index (χ1n) is 8.24. The van der Waals surface area contributed by atoms with Crippen molar-refractivity contribution in [2.45, 2.75) is 32.9 Å². The Morgan fingerprint density at radius 2 is 2.08 bits per heavy atom. The summed E-state index contributed by atoms with van der Waals surface area (Å²) in [6.45, 7) is 4.87. The molecule has 0 spiro atoms. The van der Waals surface area contributed by atoms with Gasteiger partial charge in [-0.25, -0.2) is 14.6 Å². The van der Waals surface area contributed by atoms with Crippen LogP contribution in [0.5, 0.6) is 0 Å². The van der Waals surface area contributed by atoms with Gasteiger partial charge in [-0.15, -0.1) is 11.7 Å². The van der Waals surface area contributed by atoms with Crippen molar-refractivity contribution in [3.8, 4) is 11.3 Å². The van der Waals surface area contributed by atoms with Gasteiger partial charge in [0.25, 0.3) is 0 Å². The maximum absolute atomic E-state index is 11.0. The lowest BCUT2D eigenvalue weighted by Crippen LogP contribution is -2.40. The first-order valence-corrected chi connectivity index (χ1v) is 8.24. The van der Waals surface area contributed by atoms with Crippen LogP contribution < -0.4 is 10.4 Å². The Morgan fingerprint density at radius 1 is 1.27 bits per heavy atom. The van der Waals surface area contributed by atoms with Crippen molar-refractivity contribution in [3.05, 3.63) is 47.9 Å². The highest BCUT2D eigenvalue weighted by atomic mass is 16.3. The van der Waals surface area contributed by atoms with Gasteiger partial charge in [-0.05, 0) is 50.6 Å². The molecule has 3 rings (SSSR count). The lowest BCUT2D eigenvalue weighted by molar-refractivity contribution is -0.399. The number of nitrogens with one attached hydrogen (secondary N) is 1. The summed E-state index contributed by atoms with van der Waals surface area (Å²) in [6, 6.07) is 7.74. The summed E-state index contributed by atoms with van der Waals surface area (Å²) in [5.41, 5.74) is 2.93. The number of rotatable bonds is 6. The van der Waals surface area contributed by atoms with Crippen LogP contribution in [0.4, 0.5) is 11.6 Å². The molecule has 0 unspecified atom stereocenters. The first kappa shape index (κ1) is 18.0. The van der Waals surface area contributed by atoms with Gasteiger partial charge in [-0.1, -0.05) is 5.21 Å². The van der Waals surface area contributed by atoms with Crippen LogP contribution in [-0.4, -0.2) is 42.3 Å². The molecule has 0 aliphatic heterocycles. The van der Waals surface area contributed by atoms with Gasteiger partial charge in [0, 0.05) is 23.1 Å². The van der Waals surface area contributed by atoms with E-state index in [1.54, 1.807) is 12.4 Å². The minimum absolute atomic E-state index is 0.0948. The Kier molecular flexibility index (Phi) is 4.97. The van der Waals surface area contributed by atoms with Gasteiger partial charge in [-0.3, -0.25) is 0 Å². The third kappa shape index (κ3) is 4.41. The minimum atomic E-state index is -1.35. The SMILES string of the molecule is Cc1cc(Nc2nccc(C)n2)cc(-c2cn(C[C@](C)(O)C[O-])nn2)c1. The number of anilines is 2. The summed E-state index contributed by atoms with van der Waals surface area (Å²) < 4.78 is 1.48. The van der Waals surface area contributed by atoms with E-state index in [1.165, 1.54) is 11.6 Å². The molecule has 8 nitrogen and oxygen atoms in total. The molecule has 0 radical (unpaired) electrons. The summed E-state index contributed by atoms with van der Waals surface area (Å²) in [7, 11) is 0. The largest absolute Gasteiger partial charge is 0.852 e. The zero-order valence-electron chi connectivity index (χ0n) is 15.0. The third-order valence-corrected chi connectivity index (χ3v) is 3.78. The van der Waals surface area contributed by atoms with Gasteiger partial charge < -0.3 is 15.5 Å². The molecule has 3 aromatic rings. The molecule has 2 N–H and O–H groups in total. The summed E-state index contributed by atoms with van der Waals surface area (Å²) >= 11 is 0. The van der Waals surface area contributed by atoms with Crippen molar-refractivity contribution in [2.24, 2.45) is 0 Å². The highest BCUT2D eigenvalue weighted by Gasteiger charge is 2.17. The van der Waals surface area contributed by atoms with Gasteiger partial charge >= 0.3 is 0 Å². The van der Waals surface area contributed by atoms with Crippen molar-refractivity contribution >= 4 is 11.6 Å². The molecule has 1 atom stereocenters. The number of hydrogen-bond donors (Lipinski definition) is 2. The molecule has 2 aromatic heterocycles. The van der Waals surface area contributed by atoms with Crippen LogP contribution in [0, 0.1) is 13.8 Å². The number of aryl methyl sites for hydroxylation is 2. The second-order valence-electron chi connectivity index (χ2n) is 6.68. The average molecular weight is 353 g/mol. The molecule has 0 saturated heterocycles. The Balaban J connectivity index is 1.85. The second-order valence-corrected chi connectivity index (χ2v) is 6.68. The molecule has 0 aliphatic carbocycles. The van der Waals surface area contributed by atoms with Crippen molar-refractivity contribution in [1.82, 2.24) is 25.0 Å². The van der Waals surface area contributed by atoms with Crippen LogP contribution in [-0.2, 0) is 6.54 Å². The summed E-state index contributed by atoms with van der Waals surface area (Å²) in [5.74, 6) is 0.525. The van der Waals surface area contributed by atoms with Gasteiger partial charge in [0.15, 0.2) is 0 Å². The van der Waals surface area contributed by atoms with Crippen molar-refractivity contribution in [3.63, 3.8) is 0 Å². The highest BCUT2D eigenvalue weighted by Crippen LogP contribution is 2.24. The molecule has 26 heavy (non-hydrogen) atoms. The maximum atomic E-state index is 11.0. The third-order valence-electron chi connectivity index (χ3n) is 3.78. The average Bonchev–Trinajstić information content (AvgIpc) is 3.02. The highest BCUT2D eigenvalue weighted by molar-refractivity contribution is 5.68. The van der Waals surface area contributed by atoms with Crippen LogP contribution in [0.15, 0.2) is 36.7 Å².